The normalized spacial score (nSPS) is 13.3. The standard InChI is InChI=1S/C17H18O2/c1-3-12(2)17(13-7-5-4-6-8-13)14-9-10-15(18)16(19)11-14/h3-11,17-19H,1-2H3/b12-3+. The number of benzene rings is 2. The second kappa shape index (κ2) is 5.61. The fourth-order valence-corrected chi connectivity index (χ4v) is 2.25. The summed E-state index contributed by atoms with van der Waals surface area (Å²) in [6.45, 7) is 4.08. The first kappa shape index (κ1) is 13.2. The minimum Gasteiger partial charge on any atom is -0.504 e. The average molecular weight is 254 g/mol. The lowest BCUT2D eigenvalue weighted by Gasteiger charge is -2.19. The van der Waals surface area contributed by atoms with Crippen LogP contribution in [-0.2, 0) is 0 Å². The average Bonchev–Trinajstić information content (AvgIpc) is 2.44. The molecule has 1 atom stereocenters. The molecule has 19 heavy (non-hydrogen) atoms. The first-order valence-electron chi connectivity index (χ1n) is 6.33. The first-order valence-corrected chi connectivity index (χ1v) is 6.33. The molecular formula is C17H18O2. The molecule has 0 aliphatic rings. The van der Waals surface area contributed by atoms with Crippen molar-refractivity contribution in [1.29, 1.82) is 0 Å². The highest BCUT2D eigenvalue weighted by Gasteiger charge is 2.16. The van der Waals surface area contributed by atoms with Crippen LogP contribution in [0.15, 0.2) is 60.2 Å². The molecule has 0 bridgehead atoms. The maximum atomic E-state index is 9.68. The monoisotopic (exact) mass is 254 g/mol. The molecule has 2 N–H and O–H groups in total. The molecule has 2 aromatic rings. The molecule has 98 valence electrons. The third-order valence-electron chi connectivity index (χ3n) is 3.38. The van der Waals surface area contributed by atoms with Crippen molar-refractivity contribution in [3.63, 3.8) is 0 Å². The van der Waals surface area contributed by atoms with Gasteiger partial charge in [-0.15, -0.1) is 0 Å². The first-order chi connectivity index (χ1) is 9.13. The molecular weight excluding hydrogens is 236 g/mol. The number of rotatable bonds is 3. The number of phenols is 2. The predicted octanol–water partition coefficient (Wildman–Crippen LogP) is 4.20. The van der Waals surface area contributed by atoms with Crippen LogP contribution in [0.2, 0.25) is 0 Å². The third-order valence-corrected chi connectivity index (χ3v) is 3.38. The SMILES string of the molecule is C/C=C(\C)C(c1ccccc1)c1ccc(O)c(O)c1. The minimum atomic E-state index is -0.0892. The molecule has 0 radical (unpaired) electrons. The summed E-state index contributed by atoms with van der Waals surface area (Å²) in [4.78, 5) is 0. The molecule has 0 aliphatic carbocycles. The highest BCUT2D eigenvalue weighted by Crippen LogP contribution is 2.35. The Morgan fingerprint density at radius 2 is 1.63 bits per heavy atom. The maximum absolute atomic E-state index is 9.68. The van der Waals surface area contributed by atoms with Crippen molar-refractivity contribution in [2.45, 2.75) is 19.8 Å². The highest BCUT2D eigenvalue weighted by atomic mass is 16.3. The minimum absolute atomic E-state index is 0.0812. The van der Waals surface area contributed by atoms with Gasteiger partial charge in [0.05, 0.1) is 0 Å². The van der Waals surface area contributed by atoms with E-state index in [1.165, 1.54) is 17.2 Å². The molecule has 0 aromatic heterocycles. The van der Waals surface area contributed by atoms with Crippen LogP contribution in [0.4, 0.5) is 0 Å². The summed E-state index contributed by atoms with van der Waals surface area (Å²) in [6, 6.07) is 15.1. The summed E-state index contributed by atoms with van der Waals surface area (Å²) >= 11 is 0. The van der Waals surface area contributed by atoms with Gasteiger partial charge in [-0.25, -0.2) is 0 Å². The molecule has 0 saturated heterocycles. The number of allylic oxidation sites excluding steroid dienone is 2. The Kier molecular flexibility index (Phi) is 3.91. The Hall–Kier alpha value is -2.22. The zero-order valence-electron chi connectivity index (χ0n) is 11.2. The molecule has 2 rings (SSSR count). The number of hydrogen-bond donors (Lipinski definition) is 2. The van der Waals surface area contributed by atoms with Crippen LogP contribution in [0, 0.1) is 0 Å². The van der Waals surface area contributed by atoms with Crippen molar-refractivity contribution in [3.05, 3.63) is 71.3 Å². The summed E-state index contributed by atoms with van der Waals surface area (Å²) < 4.78 is 0. The topological polar surface area (TPSA) is 40.5 Å². The van der Waals surface area contributed by atoms with Crippen molar-refractivity contribution in [1.82, 2.24) is 0 Å². The summed E-state index contributed by atoms with van der Waals surface area (Å²) in [5.74, 6) is -0.0753. The maximum Gasteiger partial charge on any atom is 0.157 e. The fraction of sp³-hybridized carbons (Fsp3) is 0.176. The fourth-order valence-electron chi connectivity index (χ4n) is 2.25. The van der Waals surface area contributed by atoms with Gasteiger partial charge in [0.2, 0.25) is 0 Å². The summed E-state index contributed by atoms with van der Waals surface area (Å²) in [7, 11) is 0. The van der Waals surface area contributed by atoms with E-state index in [0.29, 0.717) is 0 Å². The van der Waals surface area contributed by atoms with Crippen LogP contribution >= 0.6 is 0 Å². The van der Waals surface area contributed by atoms with Crippen LogP contribution in [0.25, 0.3) is 0 Å². The highest BCUT2D eigenvalue weighted by molar-refractivity contribution is 5.47. The van der Waals surface area contributed by atoms with E-state index in [-0.39, 0.29) is 17.4 Å². The molecule has 0 amide bonds. The van der Waals surface area contributed by atoms with Gasteiger partial charge in [-0.3, -0.25) is 0 Å². The molecule has 2 heteroatoms. The van der Waals surface area contributed by atoms with E-state index in [1.807, 2.05) is 31.2 Å². The van der Waals surface area contributed by atoms with Crippen LogP contribution in [0.5, 0.6) is 11.5 Å². The van der Waals surface area contributed by atoms with Gasteiger partial charge < -0.3 is 10.2 Å². The third kappa shape index (κ3) is 2.79. The lowest BCUT2D eigenvalue weighted by molar-refractivity contribution is 0.403. The number of aromatic hydroxyl groups is 2. The van der Waals surface area contributed by atoms with Gasteiger partial charge in [-0.2, -0.15) is 0 Å². The second-order valence-corrected chi connectivity index (χ2v) is 4.62. The van der Waals surface area contributed by atoms with Crippen molar-refractivity contribution >= 4 is 0 Å². The number of hydrogen-bond acceptors (Lipinski definition) is 2. The van der Waals surface area contributed by atoms with Crippen LogP contribution < -0.4 is 0 Å². The van der Waals surface area contributed by atoms with Gasteiger partial charge in [-0.05, 0) is 37.1 Å². The van der Waals surface area contributed by atoms with Crippen molar-refractivity contribution < 1.29 is 10.2 Å². The predicted molar refractivity (Wildman–Crippen MR) is 77.5 cm³/mol. The Morgan fingerprint density at radius 3 is 2.21 bits per heavy atom. The van der Waals surface area contributed by atoms with E-state index in [1.54, 1.807) is 6.07 Å². The van der Waals surface area contributed by atoms with Gasteiger partial charge in [0.15, 0.2) is 11.5 Å². The van der Waals surface area contributed by atoms with Crippen molar-refractivity contribution in [2.24, 2.45) is 0 Å². The van der Waals surface area contributed by atoms with Crippen molar-refractivity contribution in [2.75, 3.05) is 0 Å². The molecule has 0 saturated carbocycles. The van der Waals surface area contributed by atoms with E-state index in [2.05, 4.69) is 25.1 Å². The van der Waals surface area contributed by atoms with Gasteiger partial charge >= 0.3 is 0 Å². The van der Waals surface area contributed by atoms with Gasteiger partial charge in [0, 0.05) is 5.92 Å². The summed E-state index contributed by atoms with van der Waals surface area (Å²) in [5, 5.41) is 19.1. The van der Waals surface area contributed by atoms with E-state index in [9.17, 15) is 10.2 Å². The van der Waals surface area contributed by atoms with E-state index in [0.717, 1.165) is 5.56 Å². The molecule has 2 nitrogen and oxygen atoms in total. The second-order valence-electron chi connectivity index (χ2n) is 4.62. The molecule has 1 unspecified atom stereocenters. The summed E-state index contributed by atoms with van der Waals surface area (Å²) in [5.41, 5.74) is 3.34. The quantitative estimate of drug-likeness (QED) is 0.636. The van der Waals surface area contributed by atoms with Crippen LogP contribution in [0.3, 0.4) is 0 Å². The van der Waals surface area contributed by atoms with Gasteiger partial charge in [0.25, 0.3) is 0 Å². The van der Waals surface area contributed by atoms with Gasteiger partial charge in [0.1, 0.15) is 0 Å². The Labute approximate surface area is 113 Å². The largest absolute Gasteiger partial charge is 0.504 e. The summed E-state index contributed by atoms with van der Waals surface area (Å²) in [6.07, 6.45) is 2.07. The van der Waals surface area contributed by atoms with Crippen LogP contribution in [0.1, 0.15) is 30.9 Å². The molecule has 0 aliphatic heterocycles. The van der Waals surface area contributed by atoms with Crippen molar-refractivity contribution in [3.8, 4) is 11.5 Å². The molecule has 0 heterocycles. The zero-order valence-corrected chi connectivity index (χ0v) is 11.2. The zero-order chi connectivity index (χ0) is 13.8. The molecule has 2 aromatic carbocycles. The number of phenolic OH excluding ortho intramolecular Hbond substituents is 2. The Morgan fingerprint density at radius 1 is 0.947 bits per heavy atom. The lowest BCUT2D eigenvalue weighted by Crippen LogP contribution is -2.02. The van der Waals surface area contributed by atoms with E-state index >= 15 is 0 Å². The van der Waals surface area contributed by atoms with Crippen LogP contribution in [-0.4, -0.2) is 10.2 Å². The Bertz CT molecular complexity index is 585. The smallest absolute Gasteiger partial charge is 0.157 e. The van der Waals surface area contributed by atoms with E-state index < -0.39 is 0 Å². The van der Waals surface area contributed by atoms with Gasteiger partial charge in [-0.1, -0.05) is 48.0 Å². The molecule has 0 fully saturated rings. The van der Waals surface area contributed by atoms with E-state index in [4.69, 9.17) is 0 Å². The Balaban J connectivity index is 2.52. The molecule has 0 spiro atoms. The lowest BCUT2D eigenvalue weighted by atomic mass is 9.85.